The van der Waals surface area contributed by atoms with E-state index in [-0.39, 0.29) is 5.78 Å². The first kappa shape index (κ1) is 16.2. The van der Waals surface area contributed by atoms with Gasteiger partial charge in [-0.1, -0.05) is 6.07 Å². The molecule has 1 atom stereocenters. The maximum Gasteiger partial charge on any atom is 0.159 e. The van der Waals surface area contributed by atoms with E-state index >= 15 is 0 Å². The highest BCUT2D eigenvalue weighted by Crippen LogP contribution is 2.36. The van der Waals surface area contributed by atoms with Crippen LogP contribution in [0.5, 0.6) is 5.75 Å². The Balaban J connectivity index is 1.85. The van der Waals surface area contributed by atoms with E-state index < -0.39 is 0 Å². The average Bonchev–Trinajstić information content (AvgIpc) is 3.19. The van der Waals surface area contributed by atoms with Crippen LogP contribution in [0, 0.1) is 0 Å². The predicted octanol–water partition coefficient (Wildman–Crippen LogP) is 4.69. The van der Waals surface area contributed by atoms with Crippen molar-refractivity contribution in [3.8, 4) is 5.75 Å². The Morgan fingerprint density at radius 3 is 2.96 bits per heavy atom. The van der Waals surface area contributed by atoms with E-state index in [0.29, 0.717) is 12.6 Å². The summed E-state index contributed by atoms with van der Waals surface area (Å²) in [7, 11) is 0. The summed E-state index contributed by atoms with van der Waals surface area (Å²) in [6, 6.07) is 10.6. The highest BCUT2D eigenvalue weighted by atomic mass is 32.1. The van der Waals surface area contributed by atoms with Crippen molar-refractivity contribution in [1.29, 1.82) is 0 Å². The summed E-state index contributed by atoms with van der Waals surface area (Å²) in [5.41, 5.74) is 1.87. The molecule has 0 radical (unpaired) electrons. The molecule has 0 spiro atoms. The van der Waals surface area contributed by atoms with Crippen molar-refractivity contribution in [3.05, 3.63) is 51.7 Å². The highest BCUT2D eigenvalue weighted by molar-refractivity contribution is 7.10. The molecule has 4 heteroatoms. The van der Waals surface area contributed by atoms with Gasteiger partial charge in [0.2, 0.25) is 0 Å². The molecule has 3 rings (SSSR count). The third kappa shape index (κ3) is 3.65. The fraction of sp³-hybridized carbons (Fsp3) is 0.421. The first-order chi connectivity index (χ1) is 11.2. The molecule has 2 heterocycles. The van der Waals surface area contributed by atoms with Gasteiger partial charge in [-0.15, -0.1) is 11.3 Å². The monoisotopic (exact) mass is 329 g/mol. The number of nitrogens with zero attached hydrogens (tertiary/aromatic N) is 1. The fourth-order valence-corrected chi connectivity index (χ4v) is 4.15. The van der Waals surface area contributed by atoms with Crippen LogP contribution in [0.4, 0.5) is 0 Å². The number of rotatable bonds is 6. The lowest BCUT2D eigenvalue weighted by Gasteiger charge is -2.25. The normalized spacial score (nSPS) is 18.3. The Morgan fingerprint density at radius 1 is 1.39 bits per heavy atom. The molecular formula is C19H23NO2S. The van der Waals surface area contributed by atoms with Crippen molar-refractivity contribution in [3.63, 3.8) is 0 Å². The number of ether oxygens (including phenoxy) is 1. The van der Waals surface area contributed by atoms with Gasteiger partial charge in [-0.05, 0) is 62.9 Å². The Labute approximate surface area is 141 Å². The Kier molecular flexibility index (Phi) is 5.13. The van der Waals surface area contributed by atoms with E-state index in [1.54, 1.807) is 6.92 Å². The van der Waals surface area contributed by atoms with Crippen LogP contribution in [0.15, 0.2) is 35.7 Å². The standard InChI is InChI=1S/C19H23NO2S/c1-3-22-18-9-8-15(14(2)21)12-16(18)13-20-10-4-6-17(20)19-7-5-11-23-19/h5,7-9,11-12,17H,3-4,6,10,13H2,1-2H3. The molecule has 1 aromatic carbocycles. The number of hydrogen-bond acceptors (Lipinski definition) is 4. The lowest BCUT2D eigenvalue weighted by atomic mass is 10.1. The van der Waals surface area contributed by atoms with Crippen LogP contribution >= 0.6 is 11.3 Å². The van der Waals surface area contributed by atoms with Crippen molar-refractivity contribution in [2.24, 2.45) is 0 Å². The molecule has 1 fully saturated rings. The molecule has 2 aromatic rings. The minimum Gasteiger partial charge on any atom is -0.494 e. The zero-order valence-corrected chi connectivity index (χ0v) is 14.6. The average molecular weight is 329 g/mol. The van der Waals surface area contributed by atoms with Crippen molar-refractivity contribution < 1.29 is 9.53 Å². The second-order valence-corrected chi connectivity index (χ2v) is 6.93. The van der Waals surface area contributed by atoms with Gasteiger partial charge in [0.25, 0.3) is 0 Å². The van der Waals surface area contributed by atoms with Gasteiger partial charge in [-0.2, -0.15) is 0 Å². The van der Waals surface area contributed by atoms with Crippen LogP contribution in [0.25, 0.3) is 0 Å². The van der Waals surface area contributed by atoms with Gasteiger partial charge in [0, 0.05) is 28.6 Å². The molecule has 0 bridgehead atoms. The molecule has 0 saturated carbocycles. The third-order valence-electron chi connectivity index (χ3n) is 4.38. The topological polar surface area (TPSA) is 29.5 Å². The van der Waals surface area contributed by atoms with Crippen molar-refractivity contribution in [2.75, 3.05) is 13.2 Å². The Morgan fingerprint density at radius 2 is 2.26 bits per heavy atom. The van der Waals surface area contributed by atoms with Crippen molar-refractivity contribution >= 4 is 17.1 Å². The molecule has 0 aliphatic carbocycles. The van der Waals surface area contributed by atoms with E-state index in [1.807, 2.05) is 36.5 Å². The van der Waals surface area contributed by atoms with Gasteiger partial charge in [0.1, 0.15) is 5.75 Å². The number of benzene rings is 1. The maximum atomic E-state index is 11.7. The third-order valence-corrected chi connectivity index (χ3v) is 5.35. The van der Waals surface area contributed by atoms with Crippen LogP contribution in [0.2, 0.25) is 0 Å². The number of likely N-dealkylation sites (tertiary alicyclic amines) is 1. The minimum atomic E-state index is 0.102. The van der Waals surface area contributed by atoms with Crippen LogP contribution in [-0.4, -0.2) is 23.8 Å². The van der Waals surface area contributed by atoms with Crippen molar-refractivity contribution in [1.82, 2.24) is 4.90 Å². The summed E-state index contributed by atoms with van der Waals surface area (Å²) < 4.78 is 5.77. The predicted molar refractivity (Wildman–Crippen MR) is 94.3 cm³/mol. The second kappa shape index (κ2) is 7.28. The number of hydrogen-bond donors (Lipinski definition) is 0. The molecule has 0 N–H and O–H groups in total. The van der Waals surface area contributed by atoms with Crippen molar-refractivity contribution in [2.45, 2.75) is 39.3 Å². The van der Waals surface area contributed by atoms with E-state index in [9.17, 15) is 4.79 Å². The number of carbonyl (C=O) groups excluding carboxylic acids is 1. The lowest BCUT2D eigenvalue weighted by Crippen LogP contribution is -2.22. The number of carbonyl (C=O) groups is 1. The largest absolute Gasteiger partial charge is 0.494 e. The van der Waals surface area contributed by atoms with E-state index in [1.165, 1.54) is 17.7 Å². The second-order valence-electron chi connectivity index (χ2n) is 5.96. The summed E-state index contributed by atoms with van der Waals surface area (Å²) in [6.45, 7) is 6.18. The fourth-order valence-electron chi connectivity index (χ4n) is 3.26. The molecule has 1 aromatic heterocycles. The molecule has 1 unspecified atom stereocenters. The molecule has 0 amide bonds. The highest BCUT2D eigenvalue weighted by Gasteiger charge is 2.27. The quantitative estimate of drug-likeness (QED) is 0.720. The van der Waals surface area contributed by atoms with Crippen LogP contribution in [0.1, 0.15) is 53.5 Å². The molecule has 3 nitrogen and oxygen atoms in total. The van der Waals surface area contributed by atoms with Crippen LogP contribution < -0.4 is 4.74 Å². The molecule has 122 valence electrons. The van der Waals surface area contributed by atoms with Gasteiger partial charge in [-0.3, -0.25) is 9.69 Å². The van der Waals surface area contributed by atoms with Crippen LogP contribution in [-0.2, 0) is 6.54 Å². The van der Waals surface area contributed by atoms with Gasteiger partial charge in [0.15, 0.2) is 5.78 Å². The van der Waals surface area contributed by atoms with Crippen LogP contribution in [0.3, 0.4) is 0 Å². The molecule has 23 heavy (non-hydrogen) atoms. The SMILES string of the molecule is CCOc1ccc(C(C)=O)cc1CN1CCCC1c1cccs1. The first-order valence-electron chi connectivity index (χ1n) is 8.23. The Hall–Kier alpha value is -1.65. The number of thiophene rings is 1. The Bertz CT molecular complexity index is 666. The van der Waals surface area contributed by atoms with Gasteiger partial charge in [-0.25, -0.2) is 0 Å². The summed E-state index contributed by atoms with van der Waals surface area (Å²) in [6.07, 6.45) is 2.43. The van der Waals surface area contributed by atoms with Gasteiger partial charge < -0.3 is 4.74 Å². The van der Waals surface area contributed by atoms with Gasteiger partial charge >= 0.3 is 0 Å². The number of ketones is 1. The first-order valence-corrected chi connectivity index (χ1v) is 9.11. The summed E-state index contributed by atoms with van der Waals surface area (Å²) in [5.74, 6) is 1.000. The van der Waals surface area contributed by atoms with Gasteiger partial charge in [0.05, 0.1) is 6.61 Å². The molecule has 1 aliphatic heterocycles. The summed E-state index contributed by atoms with van der Waals surface area (Å²) >= 11 is 1.83. The number of Topliss-reactive ketones (excluding diaryl/α,β-unsaturated/α-hetero) is 1. The van der Waals surface area contributed by atoms with E-state index in [2.05, 4.69) is 22.4 Å². The zero-order valence-electron chi connectivity index (χ0n) is 13.7. The lowest BCUT2D eigenvalue weighted by molar-refractivity contribution is 0.101. The summed E-state index contributed by atoms with van der Waals surface area (Å²) in [4.78, 5) is 15.6. The molecule has 1 aliphatic rings. The smallest absolute Gasteiger partial charge is 0.159 e. The minimum absolute atomic E-state index is 0.102. The zero-order chi connectivity index (χ0) is 16.2. The molecular weight excluding hydrogens is 306 g/mol. The summed E-state index contributed by atoms with van der Waals surface area (Å²) in [5, 5.41) is 2.15. The van der Waals surface area contributed by atoms with E-state index in [4.69, 9.17) is 4.74 Å². The molecule has 1 saturated heterocycles. The van der Waals surface area contributed by atoms with E-state index in [0.717, 1.165) is 30.0 Å². The maximum absolute atomic E-state index is 11.7.